The van der Waals surface area contributed by atoms with Crippen molar-refractivity contribution in [2.45, 2.75) is 12.8 Å². The lowest BCUT2D eigenvalue weighted by Gasteiger charge is -2.20. The number of fused-ring (bicyclic) bond motifs is 1. The Hall–Kier alpha value is -1.51. The molecular formula is C11H14N2O. The van der Waals surface area contributed by atoms with E-state index in [1.54, 1.807) is 11.9 Å². The highest BCUT2D eigenvalue weighted by atomic mass is 16.1. The molecule has 0 saturated carbocycles. The van der Waals surface area contributed by atoms with Crippen LogP contribution in [0, 0.1) is 0 Å². The quantitative estimate of drug-likeness (QED) is 0.719. The largest absolute Gasteiger partial charge is 0.385 e. The first-order valence-electron chi connectivity index (χ1n) is 4.86. The lowest BCUT2D eigenvalue weighted by Crippen LogP contribution is -2.16. The molecule has 0 spiro atoms. The van der Waals surface area contributed by atoms with Gasteiger partial charge in [-0.3, -0.25) is 4.79 Å². The number of carbonyl (C=O) groups is 1. The predicted molar refractivity (Wildman–Crippen MR) is 57.7 cm³/mol. The number of benzene rings is 1. The molecule has 0 radical (unpaired) electrons. The summed E-state index contributed by atoms with van der Waals surface area (Å²) < 4.78 is 0. The highest BCUT2D eigenvalue weighted by Crippen LogP contribution is 2.26. The number of carbonyl (C=O) groups excluding carboxylic acids is 1. The van der Waals surface area contributed by atoms with Crippen LogP contribution in [0.4, 0.5) is 11.4 Å². The summed E-state index contributed by atoms with van der Waals surface area (Å²) in [7, 11) is 1.77. The molecule has 1 aliphatic heterocycles. The van der Waals surface area contributed by atoms with E-state index in [9.17, 15) is 4.79 Å². The molecule has 3 nitrogen and oxygen atoms in total. The predicted octanol–water partition coefficient (Wildman–Crippen LogP) is 1.64. The van der Waals surface area contributed by atoms with Crippen molar-refractivity contribution < 1.29 is 4.79 Å². The minimum Gasteiger partial charge on any atom is -0.385 e. The Bertz CT molecular complexity index is 349. The molecular weight excluding hydrogens is 176 g/mol. The van der Waals surface area contributed by atoms with Gasteiger partial charge in [0.05, 0.1) is 0 Å². The number of aryl methyl sites for hydroxylation is 1. The van der Waals surface area contributed by atoms with Crippen LogP contribution >= 0.6 is 0 Å². The Morgan fingerprint density at radius 2 is 2.36 bits per heavy atom. The van der Waals surface area contributed by atoms with E-state index in [1.165, 1.54) is 17.7 Å². The maximum Gasteiger partial charge on any atom is 0.213 e. The minimum absolute atomic E-state index is 0.831. The van der Waals surface area contributed by atoms with E-state index in [0.717, 1.165) is 25.1 Å². The third-order valence-corrected chi connectivity index (χ3v) is 2.59. The first kappa shape index (κ1) is 9.06. The van der Waals surface area contributed by atoms with Crippen LogP contribution in [0.2, 0.25) is 0 Å². The number of nitrogens with zero attached hydrogens (tertiary/aromatic N) is 1. The molecule has 1 aromatic carbocycles. The molecule has 1 aliphatic rings. The number of hydrogen-bond acceptors (Lipinski definition) is 2. The fraction of sp³-hybridized carbons (Fsp3) is 0.364. The molecule has 0 aliphatic carbocycles. The lowest BCUT2D eigenvalue weighted by atomic mass is 10.0. The summed E-state index contributed by atoms with van der Waals surface area (Å²) in [6, 6.07) is 6.09. The van der Waals surface area contributed by atoms with E-state index in [2.05, 4.69) is 11.4 Å². The fourth-order valence-electron chi connectivity index (χ4n) is 1.74. The normalized spacial score (nSPS) is 14.1. The maximum atomic E-state index is 10.6. The maximum absolute atomic E-state index is 10.6. The van der Waals surface area contributed by atoms with Gasteiger partial charge in [-0.25, -0.2) is 0 Å². The Labute approximate surface area is 83.7 Å². The van der Waals surface area contributed by atoms with Crippen molar-refractivity contribution >= 4 is 17.8 Å². The van der Waals surface area contributed by atoms with Gasteiger partial charge in [-0.2, -0.15) is 0 Å². The third-order valence-electron chi connectivity index (χ3n) is 2.59. The monoisotopic (exact) mass is 190 g/mol. The number of anilines is 2. The van der Waals surface area contributed by atoms with Gasteiger partial charge in [0, 0.05) is 25.0 Å². The molecule has 1 heterocycles. The van der Waals surface area contributed by atoms with Gasteiger partial charge in [0.25, 0.3) is 0 Å². The molecule has 74 valence electrons. The van der Waals surface area contributed by atoms with E-state index in [-0.39, 0.29) is 0 Å². The third kappa shape index (κ3) is 1.58. The van der Waals surface area contributed by atoms with Gasteiger partial charge in [-0.05, 0) is 36.6 Å². The van der Waals surface area contributed by atoms with Crippen LogP contribution in [0.15, 0.2) is 18.2 Å². The highest BCUT2D eigenvalue weighted by molar-refractivity contribution is 5.76. The van der Waals surface area contributed by atoms with Crippen LogP contribution < -0.4 is 10.2 Å². The van der Waals surface area contributed by atoms with Crippen LogP contribution in [-0.4, -0.2) is 20.0 Å². The van der Waals surface area contributed by atoms with E-state index in [1.807, 2.05) is 12.1 Å². The van der Waals surface area contributed by atoms with Crippen molar-refractivity contribution in [1.29, 1.82) is 0 Å². The first-order valence-corrected chi connectivity index (χ1v) is 4.86. The van der Waals surface area contributed by atoms with Crippen LogP contribution in [0.25, 0.3) is 0 Å². The van der Waals surface area contributed by atoms with Crippen LogP contribution in [0.3, 0.4) is 0 Å². The SMILES string of the molecule is CN(C=O)c1ccc2c(c1)CCCN2. The summed E-state index contributed by atoms with van der Waals surface area (Å²) in [4.78, 5) is 12.2. The minimum atomic E-state index is 0.831. The molecule has 0 aromatic heterocycles. The summed E-state index contributed by atoms with van der Waals surface area (Å²) in [5, 5.41) is 3.34. The van der Waals surface area contributed by atoms with E-state index >= 15 is 0 Å². The highest BCUT2D eigenvalue weighted by Gasteiger charge is 2.09. The van der Waals surface area contributed by atoms with Crippen LogP contribution in [-0.2, 0) is 11.2 Å². The summed E-state index contributed by atoms with van der Waals surface area (Å²) >= 11 is 0. The van der Waals surface area contributed by atoms with Crippen molar-refractivity contribution in [3.63, 3.8) is 0 Å². The summed E-state index contributed by atoms with van der Waals surface area (Å²) in [6.07, 6.45) is 3.10. The molecule has 0 atom stereocenters. The molecule has 0 bridgehead atoms. The summed E-state index contributed by atoms with van der Waals surface area (Å²) in [5.41, 5.74) is 3.48. The molecule has 0 fully saturated rings. The van der Waals surface area contributed by atoms with Crippen LogP contribution in [0.1, 0.15) is 12.0 Å². The molecule has 1 aromatic rings. The number of amides is 1. The molecule has 14 heavy (non-hydrogen) atoms. The van der Waals surface area contributed by atoms with Gasteiger partial charge < -0.3 is 10.2 Å². The average Bonchev–Trinajstić information content (AvgIpc) is 2.27. The van der Waals surface area contributed by atoms with Crippen molar-refractivity contribution in [2.75, 3.05) is 23.8 Å². The van der Waals surface area contributed by atoms with Crippen molar-refractivity contribution in [3.05, 3.63) is 23.8 Å². The zero-order chi connectivity index (χ0) is 9.97. The molecule has 0 saturated heterocycles. The summed E-state index contributed by atoms with van der Waals surface area (Å²) in [6.45, 7) is 1.05. The second-order valence-electron chi connectivity index (χ2n) is 3.59. The zero-order valence-corrected chi connectivity index (χ0v) is 8.29. The van der Waals surface area contributed by atoms with Crippen LogP contribution in [0.5, 0.6) is 0 Å². The topological polar surface area (TPSA) is 32.3 Å². The fourth-order valence-corrected chi connectivity index (χ4v) is 1.74. The van der Waals surface area contributed by atoms with E-state index in [4.69, 9.17) is 0 Å². The molecule has 0 unspecified atom stereocenters. The molecule has 3 heteroatoms. The second kappa shape index (κ2) is 3.70. The van der Waals surface area contributed by atoms with E-state index in [0.29, 0.717) is 0 Å². The average molecular weight is 190 g/mol. The van der Waals surface area contributed by atoms with Gasteiger partial charge in [0.2, 0.25) is 6.41 Å². The summed E-state index contributed by atoms with van der Waals surface area (Å²) in [5.74, 6) is 0. The van der Waals surface area contributed by atoms with Gasteiger partial charge in [0.1, 0.15) is 0 Å². The Morgan fingerprint density at radius 1 is 1.50 bits per heavy atom. The van der Waals surface area contributed by atoms with Gasteiger partial charge in [-0.15, -0.1) is 0 Å². The van der Waals surface area contributed by atoms with Gasteiger partial charge >= 0.3 is 0 Å². The Morgan fingerprint density at radius 3 is 3.14 bits per heavy atom. The number of nitrogens with one attached hydrogen (secondary N) is 1. The Kier molecular flexibility index (Phi) is 2.39. The molecule has 1 N–H and O–H groups in total. The standard InChI is InChI=1S/C11H14N2O/c1-13(8-14)10-4-5-11-9(7-10)3-2-6-12-11/h4-5,7-8,12H,2-3,6H2,1H3. The van der Waals surface area contributed by atoms with Crippen molar-refractivity contribution in [3.8, 4) is 0 Å². The van der Waals surface area contributed by atoms with E-state index < -0.39 is 0 Å². The molecule has 2 rings (SSSR count). The first-order chi connectivity index (χ1) is 6.81. The van der Waals surface area contributed by atoms with Crippen molar-refractivity contribution in [1.82, 2.24) is 0 Å². The van der Waals surface area contributed by atoms with Gasteiger partial charge in [-0.1, -0.05) is 0 Å². The van der Waals surface area contributed by atoms with Crippen molar-refractivity contribution in [2.24, 2.45) is 0 Å². The Balaban J connectivity index is 2.33. The zero-order valence-electron chi connectivity index (χ0n) is 8.29. The molecule has 1 amide bonds. The number of rotatable bonds is 2. The smallest absolute Gasteiger partial charge is 0.213 e. The lowest BCUT2D eigenvalue weighted by molar-refractivity contribution is -0.107. The number of hydrogen-bond donors (Lipinski definition) is 1. The van der Waals surface area contributed by atoms with Gasteiger partial charge in [0.15, 0.2) is 0 Å². The second-order valence-corrected chi connectivity index (χ2v) is 3.59.